The van der Waals surface area contributed by atoms with Crippen molar-refractivity contribution in [2.75, 3.05) is 13.1 Å². The third-order valence-electron chi connectivity index (χ3n) is 5.90. The Balaban J connectivity index is 2.84. The van der Waals surface area contributed by atoms with Gasteiger partial charge in [-0.15, -0.1) is 0 Å². The van der Waals surface area contributed by atoms with E-state index >= 15 is 0 Å². The van der Waals surface area contributed by atoms with Crippen molar-refractivity contribution in [3.63, 3.8) is 0 Å². The summed E-state index contributed by atoms with van der Waals surface area (Å²) in [5.74, 6) is 1.17. The average molecular weight is 391 g/mol. The highest BCUT2D eigenvalue weighted by molar-refractivity contribution is 6.00. The van der Waals surface area contributed by atoms with Crippen molar-refractivity contribution < 1.29 is 4.39 Å². The number of aliphatic imine (C=N–C) groups is 1. The predicted molar refractivity (Wildman–Crippen MR) is 123 cm³/mol. The number of halogens is 1. The number of allylic oxidation sites excluding steroid dienone is 2. The molecule has 1 aliphatic rings. The van der Waals surface area contributed by atoms with Gasteiger partial charge in [0, 0.05) is 24.9 Å². The van der Waals surface area contributed by atoms with Crippen LogP contribution in [0.1, 0.15) is 86.5 Å². The fourth-order valence-corrected chi connectivity index (χ4v) is 4.38. The van der Waals surface area contributed by atoms with Gasteiger partial charge in [-0.2, -0.15) is 0 Å². The lowest BCUT2D eigenvalue weighted by atomic mass is 9.55. The molecule has 1 rings (SSSR count). The highest BCUT2D eigenvalue weighted by Gasteiger charge is 2.48. The van der Waals surface area contributed by atoms with E-state index in [0.717, 1.165) is 63.0 Å². The zero-order chi connectivity index (χ0) is 21.2. The second-order valence-corrected chi connectivity index (χ2v) is 8.97. The quantitative estimate of drug-likeness (QED) is 0.191. The van der Waals surface area contributed by atoms with Gasteiger partial charge in [0.1, 0.15) is 11.5 Å². The average Bonchev–Trinajstić information content (AvgIpc) is 2.58. The Morgan fingerprint density at radius 3 is 2.25 bits per heavy atom. The standard InChI is InChI=1S/C25H43FN2/c1-8-14-25(19-22(20-25)24(6,7)26)15-12-13-21(5)23(27-16-9-2)28(17-10-3)18-11-4/h9,12-13,16,22H,5,8,10-11,14-15,17-20H2,1-4,6-7H3/b13-12+,16-9-,27-23?. The molecule has 0 heterocycles. The molecule has 0 unspecified atom stereocenters. The van der Waals surface area contributed by atoms with Crippen LogP contribution in [-0.2, 0) is 0 Å². The summed E-state index contributed by atoms with van der Waals surface area (Å²) in [6.45, 7) is 18.3. The van der Waals surface area contributed by atoms with Gasteiger partial charge in [-0.3, -0.25) is 0 Å². The van der Waals surface area contributed by atoms with E-state index in [0.29, 0.717) is 0 Å². The van der Waals surface area contributed by atoms with Crippen LogP contribution >= 0.6 is 0 Å². The van der Waals surface area contributed by atoms with Crippen LogP contribution in [0.15, 0.2) is 41.6 Å². The Bertz CT molecular complexity index is 554. The van der Waals surface area contributed by atoms with E-state index in [-0.39, 0.29) is 11.3 Å². The molecule has 160 valence electrons. The molecule has 1 saturated carbocycles. The van der Waals surface area contributed by atoms with E-state index in [1.807, 2.05) is 19.2 Å². The molecule has 0 aromatic heterocycles. The Kier molecular flexibility index (Phi) is 10.2. The van der Waals surface area contributed by atoms with Crippen LogP contribution in [0.4, 0.5) is 4.39 Å². The summed E-state index contributed by atoms with van der Waals surface area (Å²) in [7, 11) is 0. The van der Waals surface area contributed by atoms with E-state index in [9.17, 15) is 4.39 Å². The summed E-state index contributed by atoms with van der Waals surface area (Å²) in [4.78, 5) is 7.00. The fraction of sp³-hybridized carbons (Fsp3) is 0.720. The summed E-state index contributed by atoms with van der Waals surface area (Å²) >= 11 is 0. The molecule has 0 aromatic rings. The molecule has 0 spiro atoms. The second-order valence-electron chi connectivity index (χ2n) is 8.97. The van der Waals surface area contributed by atoms with E-state index in [1.54, 1.807) is 13.8 Å². The number of nitrogens with zero attached hydrogens (tertiary/aromatic N) is 2. The molecular weight excluding hydrogens is 347 g/mol. The molecule has 0 aliphatic heterocycles. The molecule has 3 heteroatoms. The highest BCUT2D eigenvalue weighted by atomic mass is 19.1. The van der Waals surface area contributed by atoms with Crippen molar-refractivity contribution in [2.45, 2.75) is 92.2 Å². The zero-order valence-corrected chi connectivity index (χ0v) is 19.2. The summed E-state index contributed by atoms with van der Waals surface area (Å²) in [5.41, 5.74) is 0.179. The Labute approximate surface area is 173 Å². The molecule has 2 nitrogen and oxygen atoms in total. The monoisotopic (exact) mass is 390 g/mol. The molecule has 1 aliphatic carbocycles. The van der Waals surface area contributed by atoms with Crippen LogP contribution in [0.3, 0.4) is 0 Å². The van der Waals surface area contributed by atoms with Crippen molar-refractivity contribution in [3.05, 3.63) is 36.6 Å². The second kappa shape index (κ2) is 11.6. The number of alkyl halides is 1. The molecule has 28 heavy (non-hydrogen) atoms. The van der Waals surface area contributed by atoms with E-state index in [2.05, 4.69) is 49.4 Å². The number of rotatable bonds is 12. The highest BCUT2D eigenvalue weighted by Crippen LogP contribution is 2.56. The van der Waals surface area contributed by atoms with Gasteiger partial charge in [0.15, 0.2) is 0 Å². The van der Waals surface area contributed by atoms with E-state index in [1.165, 1.54) is 6.42 Å². The summed E-state index contributed by atoms with van der Waals surface area (Å²) in [6.07, 6.45) is 15.7. The fourth-order valence-electron chi connectivity index (χ4n) is 4.38. The van der Waals surface area contributed by atoms with Crippen molar-refractivity contribution in [1.82, 2.24) is 4.90 Å². The summed E-state index contributed by atoms with van der Waals surface area (Å²) in [5, 5.41) is 0. The topological polar surface area (TPSA) is 15.6 Å². The first-order valence-electron chi connectivity index (χ1n) is 11.2. The molecule has 1 fully saturated rings. The molecule has 0 amide bonds. The molecular formula is C25H43FN2. The lowest BCUT2D eigenvalue weighted by Crippen LogP contribution is -2.45. The Morgan fingerprint density at radius 1 is 1.18 bits per heavy atom. The lowest BCUT2D eigenvalue weighted by Gasteiger charge is -2.51. The van der Waals surface area contributed by atoms with Crippen LogP contribution in [0.5, 0.6) is 0 Å². The van der Waals surface area contributed by atoms with Crippen molar-refractivity contribution in [1.29, 1.82) is 0 Å². The van der Waals surface area contributed by atoms with Gasteiger partial charge in [-0.05, 0) is 70.6 Å². The maximum Gasteiger partial charge on any atom is 0.135 e. The van der Waals surface area contributed by atoms with Gasteiger partial charge >= 0.3 is 0 Å². The molecule has 0 N–H and O–H groups in total. The third-order valence-corrected chi connectivity index (χ3v) is 5.90. The first-order chi connectivity index (χ1) is 13.2. The molecule has 0 bridgehead atoms. The lowest BCUT2D eigenvalue weighted by molar-refractivity contribution is -0.0431. The molecule has 0 atom stereocenters. The molecule has 0 aromatic carbocycles. The maximum absolute atomic E-state index is 14.3. The largest absolute Gasteiger partial charge is 0.356 e. The van der Waals surface area contributed by atoms with Crippen LogP contribution in [0, 0.1) is 11.3 Å². The minimum absolute atomic E-state index is 0.201. The predicted octanol–water partition coefficient (Wildman–Crippen LogP) is 7.49. The van der Waals surface area contributed by atoms with Crippen LogP contribution in [-0.4, -0.2) is 29.5 Å². The smallest absolute Gasteiger partial charge is 0.135 e. The summed E-state index contributed by atoms with van der Waals surface area (Å²) < 4.78 is 14.3. The maximum atomic E-state index is 14.3. The van der Waals surface area contributed by atoms with E-state index < -0.39 is 5.67 Å². The number of hydrogen-bond donors (Lipinski definition) is 0. The number of amidine groups is 1. The zero-order valence-electron chi connectivity index (χ0n) is 19.2. The molecule has 0 saturated heterocycles. The first-order valence-corrected chi connectivity index (χ1v) is 11.2. The van der Waals surface area contributed by atoms with Crippen molar-refractivity contribution in [2.24, 2.45) is 16.3 Å². The van der Waals surface area contributed by atoms with Gasteiger partial charge in [0.25, 0.3) is 0 Å². The van der Waals surface area contributed by atoms with Crippen LogP contribution in [0.2, 0.25) is 0 Å². The third kappa shape index (κ3) is 7.22. The van der Waals surface area contributed by atoms with Gasteiger partial charge in [-0.25, -0.2) is 9.38 Å². The van der Waals surface area contributed by atoms with Gasteiger partial charge in [0.2, 0.25) is 0 Å². The van der Waals surface area contributed by atoms with Gasteiger partial charge in [-0.1, -0.05) is 52.0 Å². The Morgan fingerprint density at radius 2 is 1.79 bits per heavy atom. The van der Waals surface area contributed by atoms with Crippen molar-refractivity contribution in [3.8, 4) is 0 Å². The Hall–Kier alpha value is -1.38. The van der Waals surface area contributed by atoms with Crippen molar-refractivity contribution >= 4 is 5.84 Å². The minimum Gasteiger partial charge on any atom is -0.356 e. The SMILES string of the molecule is C=C(/C=C/CC1(CCC)CC(C(C)(C)F)C1)C(=N/C=C\C)N(CCC)CCC. The molecule has 0 radical (unpaired) electrons. The van der Waals surface area contributed by atoms with Crippen LogP contribution < -0.4 is 0 Å². The van der Waals surface area contributed by atoms with Crippen LogP contribution in [0.25, 0.3) is 0 Å². The van der Waals surface area contributed by atoms with E-state index in [4.69, 9.17) is 0 Å². The number of hydrogen-bond acceptors (Lipinski definition) is 1. The first kappa shape index (κ1) is 24.7. The normalized spacial score (nSPS) is 23.4. The van der Waals surface area contributed by atoms with Gasteiger partial charge < -0.3 is 4.90 Å². The summed E-state index contributed by atoms with van der Waals surface area (Å²) in [6, 6.07) is 0. The van der Waals surface area contributed by atoms with Gasteiger partial charge in [0.05, 0.1) is 0 Å². The minimum atomic E-state index is -1.06.